The number of hydrogen-bond acceptors (Lipinski definition) is 4. The molecule has 0 amide bonds. The van der Waals surface area contributed by atoms with Gasteiger partial charge < -0.3 is 19.9 Å². The Morgan fingerprint density at radius 1 is 1.17 bits per heavy atom. The van der Waals surface area contributed by atoms with Crippen molar-refractivity contribution in [3.63, 3.8) is 0 Å². The zero-order chi connectivity index (χ0) is 13.3. The lowest BCUT2D eigenvalue weighted by Crippen LogP contribution is -2.47. The summed E-state index contributed by atoms with van der Waals surface area (Å²) in [6, 6.07) is 0.611. The van der Waals surface area contributed by atoms with Gasteiger partial charge in [-0.2, -0.15) is 0 Å². The van der Waals surface area contributed by atoms with Crippen LogP contribution in [0.2, 0.25) is 0 Å². The van der Waals surface area contributed by atoms with Crippen LogP contribution in [0.3, 0.4) is 0 Å². The van der Waals surface area contributed by atoms with Crippen molar-refractivity contribution in [2.75, 3.05) is 33.0 Å². The molecule has 1 unspecified atom stereocenters. The summed E-state index contributed by atoms with van der Waals surface area (Å²) in [5.41, 5.74) is -0.190. The number of rotatable bonds is 12. The Balaban J connectivity index is 1.94. The van der Waals surface area contributed by atoms with Crippen LogP contribution in [-0.4, -0.2) is 49.7 Å². The second-order valence-corrected chi connectivity index (χ2v) is 5.47. The van der Waals surface area contributed by atoms with Gasteiger partial charge in [0.25, 0.3) is 0 Å². The molecule has 1 fully saturated rings. The Kier molecular flexibility index (Phi) is 7.82. The first-order valence-corrected chi connectivity index (χ1v) is 7.24. The van der Waals surface area contributed by atoms with E-state index in [-0.39, 0.29) is 12.1 Å². The van der Waals surface area contributed by atoms with Crippen molar-refractivity contribution in [2.45, 2.75) is 57.5 Å². The fourth-order valence-corrected chi connectivity index (χ4v) is 1.78. The molecule has 0 aromatic heterocycles. The molecule has 0 aromatic rings. The third-order valence-electron chi connectivity index (χ3n) is 3.29. The van der Waals surface area contributed by atoms with Gasteiger partial charge in [-0.15, -0.1) is 0 Å². The Morgan fingerprint density at radius 3 is 2.39 bits per heavy atom. The molecule has 0 aliphatic heterocycles. The monoisotopic (exact) mass is 259 g/mol. The Labute approximate surface area is 111 Å². The molecule has 0 aromatic carbocycles. The third-order valence-corrected chi connectivity index (χ3v) is 3.29. The summed E-state index contributed by atoms with van der Waals surface area (Å²) in [4.78, 5) is 0. The Bertz CT molecular complexity index is 209. The minimum absolute atomic E-state index is 0.167. The highest BCUT2D eigenvalue weighted by Gasteiger charge is 2.31. The highest BCUT2D eigenvalue weighted by molar-refractivity contribution is 4.92. The van der Waals surface area contributed by atoms with E-state index < -0.39 is 0 Å². The van der Waals surface area contributed by atoms with Gasteiger partial charge in [0.2, 0.25) is 0 Å². The summed E-state index contributed by atoms with van der Waals surface area (Å²) in [6.45, 7) is 7.21. The number of aliphatic hydroxyl groups excluding tert-OH is 1. The zero-order valence-corrected chi connectivity index (χ0v) is 11.9. The molecule has 108 valence electrons. The molecule has 0 bridgehead atoms. The lowest BCUT2D eigenvalue weighted by molar-refractivity contribution is 0.0332. The molecule has 18 heavy (non-hydrogen) atoms. The molecule has 0 heterocycles. The Hall–Kier alpha value is -0.160. The summed E-state index contributed by atoms with van der Waals surface area (Å²) in [7, 11) is 0. The van der Waals surface area contributed by atoms with Crippen molar-refractivity contribution >= 4 is 0 Å². The van der Waals surface area contributed by atoms with E-state index >= 15 is 0 Å². The van der Waals surface area contributed by atoms with Crippen molar-refractivity contribution in [1.29, 1.82) is 0 Å². The first-order chi connectivity index (χ1) is 8.70. The van der Waals surface area contributed by atoms with Crippen molar-refractivity contribution in [2.24, 2.45) is 0 Å². The number of ether oxygens (including phenoxy) is 2. The maximum atomic E-state index is 9.42. The maximum Gasteiger partial charge on any atom is 0.0700 e. The molecule has 0 saturated heterocycles. The molecular formula is C14H29NO3. The van der Waals surface area contributed by atoms with Crippen LogP contribution in [0, 0.1) is 0 Å². The molecule has 4 nitrogen and oxygen atoms in total. The van der Waals surface area contributed by atoms with Gasteiger partial charge in [-0.05, 0) is 32.6 Å². The van der Waals surface area contributed by atoms with Crippen LogP contribution >= 0.6 is 0 Å². The molecule has 4 heteroatoms. The molecule has 0 spiro atoms. The summed E-state index contributed by atoms with van der Waals surface area (Å²) in [5.74, 6) is 0. The number of nitrogens with one attached hydrogen (secondary N) is 1. The number of hydrogen-bond donors (Lipinski definition) is 2. The van der Waals surface area contributed by atoms with Crippen LogP contribution < -0.4 is 5.32 Å². The molecule has 1 rings (SSSR count). The van der Waals surface area contributed by atoms with Crippen LogP contribution in [0.5, 0.6) is 0 Å². The second kappa shape index (κ2) is 8.86. The topological polar surface area (TPSA) is 50.7 Å². The van der Waals surface area contributed by atoms with E-state index in [1.54, 1.807) is 0 Å². The van der Waals surface area contributed by atoms with Crippen molar-refractivity contribution in [1.82, 2.24) is 5.32 Å². The minimum atomic E-state index is -0.190. The van der Waals surface area contributed by atoms with Crippen molar-refractivity contribution < 1.29 is 14.6 Å². The second-order valence-electron chi connectivity index (χ2n) is 5.47. The summed E-state index contributed by atoms with van der Waals surface area (Å²) in [5, 5.41) is 12.9. The van der Waals surface area contributed by atoms with E-state index in [2.05, 4.69) is 19.2 Å². The van der Waals surface area contributed by atoms with E-state index in [1.807, 2.05) is 0 Å². The highest BCUT2D eigenvalue weighted by atomic mass is 16.5. The fraction of sp³-hybridized carbons (Fsp3) is 1.00. The number of unbranched alkanes of at least 4 members (excludes halogenated alkanes) is 1. The summed E-state index contributed by atoms with van der Waals surface area (Å²) in [6.07, 6.45) is 5.61. The van der Waals surface area contributed by atoms with Gasteiger partial charge in [-0.3, -0.25) is 0 Å². The van der Waals surface area contributed by atoms with Gasteiger partial charge in [-0.25, -0.2) is 0 Å². The lowest BCUT2D eigenvalue weighted by Gasteiger charge is -2.28. The van der Waals surface area contributed by atoms with E-state index in [9.17, 15) is 5.11 Å². The summed E-state index contributed by atoms with van der Waals surface area (Å²) >= 11 is 0. The quantitative estimate of drug-likeness (QED) is 0.524. The molecule has 1 saturated carbocycles. The van der Waals surface area contributed by atoms with E-state index in [4.69, 9.17) is 9.47 Å². The predicted molar refractivity (Wildman–Crippen MR) is 72.8 cm³/mol. The minimum Gasteiger partial charge on any atom is -0.394 e. The number of aliphatic hydroxyl groups is 1. The molecule has 1 atom stereocenters. The molecule has 1 aliphatic carbocycles. The van der Waals surface area contributed by atoms with Gasteiger partial charge in [0.15, 0.2) is 0 Å². The normalized spacial score (nSPS) is 18.8. The average molecular weight is 259 g/mol. The van der Waals surface area contributed by atoms with Gasteiger partial charge in [0.1, 0.15) is 0 Å². The smallest absolute Gasteiger partial charge is 0.0700 e. The summed E-state index contributed by atoms with van der Waals surface area (Å²) < 4.78 is 11.0. The van der Waals surface area contributed by atoms with Crippen LogP contribution in [0.4, 0.5) is 0 Å². The van der Waals surface area contributed by atoms with Gasteiger partial charge in [0, 0.05) is 24.8 Å². The third kappa shape index (κ3) is 7.31. The van der Waals surface area contributed by atoms with Crippen molar-refractivity contribution in [3.8, 4) is 0 Å². The molecule has 1 aliphatic rings. The van der Waals surface area contributed by atoms with Crippen LogP contribution in [0.25, 0.3) is 0 Å². The van der Waals surface area contributed by atoms with Gasteiger partial charge in [0.05, 0.1) is 19.8 Å². The van der Waals surface area contributed by atoms with E-state index in [1.165, 1.54) is 19.3 Å². The van der Waals surface area contributed by atoms with Gasteiger partial charge in [-0.1, -0.05) is 13.3 Å². The van der Waals surface area contributed by atoms with E-state index in [0.717, 1.165) is 19.4 Å². The van der Waals surface area contributed by atoms with Crippen LogP contribution in [0.1, 0.15) is 46.0 Å². The molecule has 0 radical (unpaired) electrons. The first kappa shape index (κ1) is 15.9. The maximum absolute atomic E-state index is 9.42. The van der Waals surface area contributed by atoms with Crippen LogP contribution in [0.15, 0.2) is 0 Å². The van der Waals surface area contributed by atoms with Crippen molar-refractivity contribution in [3.05, 3.63) is 0 Å². The largest absolute Gasteiger partial charge is 0.394 e. The van der Waals surface area contributed by atoms with Crippen LogP contribution in [-0.2, 0) is 9.47 Å². The SMILES string of the molecule is CCCCOCCOCCC(C)(CO)NC1CC1. The fourth-order valence-electron chi connectivity index (χ4n) is 1.78. The van der Waals surface area contributed by atoms with E-state index in [0.29, 0.717) is 25.9 Å². The lowest BCUT2D eigenvalue weighted by atomic mass is 9.99. The standard InChI is InChI=1S/C14H29NO3/c1-3-4-8-17-10-11-18-9-7-14(2,12-16)15-13-5-6-13/h13,15-16H,3-12H2,1-2H3. The van der Waals surface area contributed by atoms with Gasteiger partial charge >= 0.3 is 0 Å². The Morgan fingerprint density at radius 2 is 1.83 bits per heavy atom. The average Bonchev–Trinajstić information content (AvgIpc) is 3.16. The zero-order valence-electron chi connectivity index (χ0n) is 11.9. The predicted octanol–water partition coefficient (Wildman–Crippen LogP) is 1.71. The molecule has 2 N–H and O–H groups in total. The first-order valence-electron chi connectivity index (χ1n) is 7.24. The highest BCUT2D eigenvalue weighted by Crippen LogP contribution is 2.23. The molecular weight excluding hydrogens is 230 g/mol.